The van der Waals surface area contributed by atoms with Crippen molar-refractivity contribution >= 4 is 17.2 Å². The summed E-state index contributed by atoms with van der Waals surface area (Å²) < 4.78 is 10.2. The zero-order valence-electron chi connectivity index (χ0n) is 11.7. The van der Waals surface area contributed by atoms with Crippen LogP contribution in [-0.2, 0) is 22.4 Å². The van der Waals surface area contributed by atoms with Gasteiger partial charge < -0.3 is 14.2 Å². The third-order valence-electron chi connectivity index (χ3n) is 3.36. The highest BCUT2D eigenvalue weighted by atomic mass is 32.1. The molecular weight excluding hydrogens is 292 g/mol. The van der Waals surface area contributed by atoms with Crippen LogP contribution in [0.15, 0.2) is 16.3 Å². The maximum atomic E-state index is 12.5. The van der Waals surface area contributed by atoms with Crippen LogP contribution < -0.4 is 0 Å². The summed E-state index contributed by atoms with van der Waals surface area (Å²) in [7, 11) is 0. The van der Waals surface area contributed by atoms with E-state index < -0.39 is 0 Å². The number of thiazole rings is 1. The van der Waals surface area contributed by atoms with Gasteiger partial charge in [0.15, 0.2) is 5.82 Å². The molecule has 1 fully saturated rings. The number of nitrogens with zero attached hydrogens (tertiary/aromatic N) is 4. The van der Waals surface area contributed by atoms with Gasteiger partial charge in [-0.2, -0.15) is 4.98 Å². The number of carbonyl (C=O) groups excluding carboxylic acids is 1. The van der Waals surface area contributed by atoms with E-state index in [2.05, 4.69) is 22.0 Å². The lowest BCUT2D eigenvalue weighted by Gasteiger charge is -2.33. The van der Waals surface area contributed by atoms with Gasteiger partial charge in [-0.25, -0.2) is 4.98 Å². The standard InChI is InChI=1S/C13H16N4O3S/c1-2-11-15-9(7-21-11)5-12(18)17-3-4-19-6-10(17)13-14-8-20-16-13/h7-8,10H,2-6H2,1H3/t10-/m0/s1. The molecule has 1 atom stereocenters. The number of amides is 1. The molecule has 21 heavy (non-hydrogen) atoms. The number of morpholine rings is 1. The molecule has 2 aromatic rings. The predicted octanol–water partition coefficient (Wildman–Crippen LogP) is 1.23. The van der Waals surface area contributed by atoms with Crippen molar-refractivity contribution < 1.29 is 14.1 Å². The molecule has 0 unspecified atom stereocenters. The van der Waals surface area contributed by atoms with Gasteiger partial charge in [-0.15, -0.1) is 11.3 Å². The first kappa shape index (κ1) is 14.2. The summed E-state index contributed by atoms with van der Waals surface area (Å²) in [4.78, 5) is 22.7. The lowest BCUT2D eigenvalue weighted by atomic mass is 10.2. The molecule has 1 amide bonds. The summed E-state index contributed by atoms with van der Waals surface area (Å²) in [5, 5.41) is 6.82. The van der Waals surface area contributed by atoms with Gasteiger partial charge in [0.25, 0.3) is 0 Å². The number of hydrogen-bond acceptors (Lipinski definition) is 7. The minimum atomic E-state index is -0.283. The van der Waals surface area contributed by atoms with E-state index in [1.807, 2.05) is 5.38 Å². The largest absolute Gasteiger partial charge is 0.377 e. The van der Waals surface area contributed by atoms with E-state index in [0.29, 0.717) is 32.0 Å². The summed E-state index contributed by atoms with van der Waals surface area (Å²) in [5.74, 6) is 0.497. The molecule has 0 saturated carbocycles. The molecule has 7 nitrogen and oxygen atoms in total. The third-order valence-corrected chi connectivity index (χ3v) is 4.40. The topological polar surface area (TPSA) is 81.4 Å². The number of carbonyl (C=O) groups is 1. The number of ether oxygens (including phenoxy) is 1. The van der Waals surface area contributed by atoms with E-state index in [1.54, 1.807) is 16.2 Å². The Bertz CT molecular complexity index is 598. The number of aryl methyl sites for hydroxylation is 1. The minimum absolute atomic E-state index is 0.0149. The number of rotatable bonds is 4. The summed E-state index contributed by atoms with van der Waals surface area (Å²) >= 11 is 1.59. The van der Waals surface area contributed by atoms with Crippen molar-refractivity contribution in [1.82, 2.24) is 20.0 Å². The molecule has 112 valence electrons. The molecule has 3 rings (SSSR count). The maximum Gasteiger partial charge on any atom is 0.229 e. The summed E-state index contributed by atoms with van der Waals surface area (Å²) in [5.41, 5.74) is 0.820. The molecule has 0 aliphatic carbocycles. The fourth-order valence-corrected chi connectivity index (χ4v) is 3.04. The first-order valence-electron chi connectivity index (χ1n) is 6.84. The molecule has 0 N–H and O–H groups in total. The summed E-state index contributed by atoms with van der Waals surface area (Å²) in [6.07, 6.45) is 2.45. The molecule has 1 saturated heterocycles. The molecule has 3 heterocycles. The number of hydrogen-bond donors (Lipinski definition) is 0. The van der Waals surface area contributed by atoms with Gasteiger partial charge in [0, 0.05) is 11.9 Å². The highest BCUT2D eigenvalue weighted by Gasteiger charge is 2.31. The van der Waals surface area contributed by atoms with Crippen LogP contribution in [0.1, 0.15) is 29.5 Å². The van der Waals surface area contributed by atoms with Gasteiger partial charge >= 0.3 is 0 Å². The maximum absolute atomic E-state index is 12.5. The lowest BCUT2D eigenvalue weighted by molar-refractivity contribution is -0.139. The normalized spacial score (nSPS) is 18.9. The molecule has 8 heteroatoms. The van der Waals surface area contributed by atoms with Crippen LogP contribution in [0.3, 0.4) is 0 Å². The minimum Gasteiger partial charge on any atom is -0.377 e. The van der Waals surface area contributed by atoms with E-state index in [-0.39, 0.29) is 11.9 Å². The highest BCUT2D eigenvalue weighted by Crippen LogP contribution is 2.22. The predicted molar refractivity (Wildman–Crippen MR) is 74.8 cm³/mol. The van der Waals surface area contributed by atoms with Gasteiger partial charge in [-0.05, 0) is 6.42 Å². The molecule has 0 aromatic carbocycles. The Labute approximate surface area is 125 Å². The van der Waals surface area contributed by atoms with Crippen molar-refractivity contribution in [1.29, 1.82) is 0 Å². The second kappa shape index (κ2) is 6.31. The van der Waals surface area contributed by atoms with Gasteiger partial charge in [0.1, 0.15) is 6.04 Å². The lowest BCUT2D eigenvalue weighted by Crippen LogP contribution is -2.44. The number of aromatic nitrogens is 3. The zero-order valence-corrected chi connectivity index (χ0v) is 12.5. The van der Waals surface area contributed by atoms with Crippen LogP contribution in [0, 0.1) is 0 Å². The Balaban J connectivity index is 1.72. The van der Waals surface area contributed by atoms with Gasteiger partial charge in [0.2, 0.25) is 12.3 Å². The van der Waals surface area contributed by atoms with Crippen LogP contribution in [0.2, 0.25) is 0 Å². The van der Waals surface area contributed by atoms with Crippen molar-refractivity contribution in [2.24, 2.45) is 0 Å². The Morgan fingerprint density at radius 3 is 3.19 bits per heavy atom. The third kappa shape index (κ3) is 3.11. The van der Waals surface area contributed by atoms with Crippen LogP contribution in [0.5, 0.6) is 0 Å². The SMILES string of the molecule is CCc1nc(CC(=O)N2CCOC[C@H]2c2ncon2)cs1. The molecular formula is C13H16N4O3S. The first-order valence-corrected chi connectivity index (χ1v) is 7.72. The summed E-state index contributed by atoms with van der Waals surface area (Å²) in [6.45, 7) is 3.50. The Morgan fingerprint density at radius 2 is 2.48 bits per heavy atom. The highest BCUT2D eigenvalue weighted by molar-refractivity contribution is 7.09. The second-order valence-electron chi connectivity index (χ2n) is 4.73. The molecule has 1 aliphatic rings. The Kier molecular flexibility index (Phi) is 4.26. The van der Waals surface area contributed by atoms with Crippen LogP contribution in [-0.4, -0.2) is 45.7 Å². The van der Waals surface area contributed by atoms with Crippen LogP contribution in [0.4, 0.5) is 0 Å². The fourth-order valence-electron chi connectivity index (χ4n) is 2.29. The van der Waals surface area contributed by atoms with Gasteiger partial charge in [0.05, 0.1) is 30.3 Å². The van der Waals surface area contributed by atoms with Gasteiger partial charge in [-0.1, -0.05) is 12.1 Å². The quantitative estimate of drug-likeness (QED) is 0.845. The van der Waals surface area contributed by atoms with Crippen molar-refractivity contribution in [3.05, 3.63) is 28.3 Å². The molecule has 2 aromatic heterocycles. The second-order valence-corrected chi connectivity index (χ2v) is 5.67. The fraction of sp³-hybridized carbons (Fsp3) is 0.538. The average molecular weight is 308 g/mol. The average Bonchev–Trinajstić information content (AvgIpc) is 3.18. The van der Waals surface area contributed by atoms with E-state index >= 15 is 0 Å². The molecule has 0 radical (unpaired) electrons. The van der Waals surface area contributed by atoms with Crippen molar-refractivity contribution in [3.63, 3.8) is 0 Å². The monoisotopic (exact) mass is 308 g/mol. The Hall–Kier alpha value is -1.80. The Morgan fingerprint density at radius 1 is 1.57 bits per heavy atom. The van der Waals surface area contributed by atoms with Crippen molar-refractivity contribution in [2.45, 2.75) is 25.8 Å². The van der Waals surface area contributed by atoms with E-state index in [9.17, 15) is 4.79 Å². The molecule has 1 aliphatic heterocycles. The smallest absolute Gasteiger partial charge is 0.229 e. The van der Waals surface area contributed by atoms with Crippen molar-refractivity contribution in [3.8, 4) is 0 Å². The first-order chi connectivity index (χ1) is 10.3. The van der Waals surface area contributed by atoms with E-state index in [4.69, 9.17) is 9.26 Å². The summed E-state index contributed by atoms with van der Waals surface area (Å²) in [6, 6.07) is -0.283. The van der Waals surface area contributed by atoms with E-state index in [0.717, 1.165) is 17.1 Å². The van der Waals surface area contributed by atoms with Crippen LogP contribution in [0.25, 0.3) is 0 Å². The zero-order chi connectivity index (χ0) is 14.7. The van der Waals surface area contributed by atoms with E-state index in [1.165, 1.54) is 6.39 Å². The molecule has 0 bridgehead atoms. The van der Waals surface area contributed by atoms with Crippen molar-refractivity contribution in [2.75, 3.05) is 19.8 Å². The van der Waals surface area contributed by atoms with Gasteiger partial charge in [-0.3, -0.25) is 4.79 Å². The van der Waals surface area contributed by atoms with Crippen LogP contribution >= 0.6 is 11.3 Å². The molecule has 0 spiro atoms.